The van der Waals surface area contributed by atoms with Crippen LogP contribution < -0.4 is 10.6 Å². The van der Waals surface area contributed by atoms with Gasteiger partial charge in [0.15, 0.2) is 5.76 Å². The quantitative estimate of drug-likeness (QED) is 0.490. The van der Waals surface area contributed by atoms with E-state index in [2.05, 4.69) is 32.8 Å². The molecule has 8 heteroatoms. The molecule has 3 heterocycles. The average Bonchev–Trinajstić information content (AvgIpc) is 3.44. The normalized spacial score (nSPS) is 17.8. The largest absolute Gasteiger partial charge is 0.459 e. The smallest absolute Gasteiger partial charge is 0.293 e. The highest BCUT2D eigenvalue weighted by Gasteiger charge is 2.31. The van der Waals surface area contributed by atoms with Crippen molar-refractivity contribution in [3.63, 3.8) is 0 Å². The monoisotopic (exact) mass is 419 g/mol. The standard InChI is InChI=1S/C22H18ClN5O2/c23-16-10-8-15(9-11-16)18-13-17(14-5-2-1-3-6-14)24-22-26-21(27-28(18)22)25-20(29)19-7-4-12-30-19/h1-12,17-18H,13H2,(H2,24,25,26,27,29)/t17-,18+/m1/s1. The summed E-state index contributed by atoms with van der Waals surface area (Å²) in [5.74, 6) is 0.606. The number of nitrogens with zero attached hydrogens (tertiary/aromatic N) is 3. The van der Waals surface area contributed by atoms with Crippen molar-refractivity contribution >= 4 is 29.4 Å². The van der Waals surface area contributed by atoms with E-state index in [1.807, 2.05) is 42.5 Å². The number of anilines is 2. The molecule has 2 aromatic heterocycles. The molecule has 30 heavy (non-hydrogen) atoms. The Bertz CT molecular complexity index is 1160. The minimum Gasteiger partial charge on any atom is -0.459 e. The third kappa shape index (κ3) is 3.55. The lowest BCUT2D eigenvalue weighted by Gasteiger charge is -2.31. The SMILES string of the molecule is O=C(Nc1nc2n(n1)[C@H](c1ccc(Cl)cc1)C[C@H](c1ccccc1)N2)c1ccco1. The Morgan fingerprint density at radius 3 is 2.60 bits per heavy atom. The summed E-state index contributed by atoms with van der Waals surface area (Å²) in [4.78, 5) is 16.8. The van der Waals surface area contributed by atoms with Gasteiger partial charge in [0.05, 0.1) is 18.3 Å². The topological polar surface area (TPSA) is 85.0 Å². The van der Waals surface area contributed by atoms with Gasteiger partial charge in [-0.05, 0) is 41.8 Å². The van der Waals surface area contributed by atoms with Gasteiger partial charge in [0, 0.05) is 5.02 Å². The number of halogens is 1. The van der Waals surface area contributed by atoms with Crippen LogP contribution in [0.15, 0.2) is 77.4 Å². The van der Waals surface area contributed by atoms with Crippen molar-refractivity contribution in [2.75, 3.05) is 10.6 Å². The fraction of sp³-hybridized carbons (Fsp3) is 0.136. The van der Waals surface area contributed by atoms with Gasteiger partial charge in [0.1, 0.15) is 0 Å². The molecule has 2 N–H and O–H groups in total. The van der Waals surface area contributed by atoms with Gasteiger partial charge >= 0.3 is 0 Å². The fourth-order valence-electron chi connectivity index (χ4n) is 3.67. The van der Waals surface area contributed by atoms with Crippen molar-refractivity contribution < 1.29 is 9.21 Å². The van der Waals surface area contributed by atoms with Crippen LogP contribution in [0, 0.1) is 0 Å². The summed E-state index contributed by atoms with van der Waals surface area (Å²) in [7, 11) is 0. The average molecular weight is 420 g/mol. The Morgan fingerprint density at radius 1 is 1.07 bits per heavy atom. The van der Waals surface area contributed by atoms with Crippen LogP contribution >= 0.6 is 11.6 Å². The minimum atomic E-state index is -0.398. The molecule has 1 amide bonds. The highest BCUT2D eigenvalue weighted by Crippen LogP contribution is 2.38. The van der Waals surface area contributed by atoms with Gasteiger partial charge < -0.3 is 9.73 Å². The summed E-state index contributed by atoms with van der Waals surface area (Å²) < 4.78 is 6.95. The molecule has 2 aromatic carbocycles. The predicted octanol–water partition coefficient (Wildman–Crippen LogP) is 4.92. The van der Waals surface area contributed by atoms with Crippen LogP contribution in [0.25, 0.3) is 0 Å². The Kier molecular flexibility index (Phi) is 4.72. The lowest BCUT2D eigenvalue weighted by molar-refractivity contribution is 0.0995. The number of carbonyl (C=O) groups is 1. The van der Waals surface area contributed by atoms with Crippen LogP contribution in [0.2, 0.25) is 5.02 Å². The van der Waals surface area contributed by atoms with Crippen LogP contribution in [0.3, 0.4) is 0 Å². The van der Waals surface area contributed by atoms with E-state index in [-0.39, 0.29) is 23.8 Å². The number of furan rings is 1. The number of carbonyl (C=O) groups excluding carboxylic acids is 1. The molecule has 1 aliphatic rings. The number of fused-ring (bicyclic) bond motifs is 1. The van der Waals surface area contributed by atoms with E-state index in [1.54, 1.807) is 16.8 Å². The third-order valence-electron chi connectivity index (χ3n) is 5.12. The maximum atomic E-state index is 12.3. The molecule has 0 fully saturated rings. The lowest BCUT2D eigenvalue weighted by Crippen LogP contribution is -2.28. The Balaban J connectivity index is 1.50. The zero-order valence-electron chi connectivity index (χ0n) is 15.8. The molecule has 1 aliphatic heterocycles. The highest BCUT2D eigenvalue weighted by atomic mass is 35.5. The lowest BCUT2D eigenvalue weighted by atomic mass is 9.93. The van der Waals surface area contributed by atoms with E-state index >= 15 is 0 Å². The summed E-state index contributed by atoms with van der Waals surface area (Å²) in [6, 6.07) is 21.2. The van der Waals surface area contributed by atoms with Crippen molar-refractivity contribution in [1.29, 1.82) is 0 Å². The number of hydrogen-bond acceptors (Lipinski definition) is 5. The maximum Gasteiger partial charge on any atom is 0.293 e. The van der Waals surface area contributed by atoms with Crippen LogP contribution in [-0.4, -0.2) is 20.7 Å². The van der Waals surface area contributed by atoms with E-state index in [0.29, 0.717) is 11.0 Å². The summed E-state index contributed by atoms with van der Waals surface area (Å²) in [6.45, 7) is 0. The highest BCUT2D eigenvalue weighted by molar-refractivity contribution is 6.30. The number of rotatable bonds is 4. The number of benzene rings is 2. The summed E-state index contributed by atoms with van der Waals surface area (Å²) in [5, 5.41) is 11.4. The first-order chi connectivity index (χ1) is 14.7. The molecule has 4 aromatic rings. The summed E-state index contributed by atoms with van der Waals surface area (Å²) >= 11 is 6.08. The van der Waals surface area contributed by atoms with Gasteiger partial charge in [0.25, 0.3) is 11.9 Å². The summed E-state index contributed by atoms with van der Waals surface area (Å²) in [5.41, 5.74) is 2.23. The van der Waals surface area contributed by atoms with Crippen molar-refractivity contribution in [3.05, 3.63) is 94.9 Å². The van der Waals surface area contributed by atoms with Gasteiger partial charge in [0.2, 0.25) is 5.95 Å². The zero-order valence-corrected chi connectivity index (χ0v) is 16.6. The molecule has 0 saturated heterocycles. The Morgan fingerprint density at radius 2 is 1.87 bits per heavy atom. The molecule has 0 aliphatic carbocycles. The number of amides is 1. The second-order valence-electron chi connectivity index (χ2n) is 7.05. The minimum absolute atomic E-state index is 0.0530. The molecular formula is C22H18ClN5O2. The molecule has 0 radical (unpaired) electrons. The molecule has 0 bridgehead atoms. The number of nitrogens with one attached hydrogen (secondary N) is 2. The first-order valence-corrected chi connectivity index (χ1v) is 9.93. The fourth-order valence-corrected chi connectivity index (χ4v) is 3.79. The van der Waals surface area contributed by atoms with E-state index in [9.17, 15) is 4.79 Å². The molecule has 0 unspecified atom stereocenters. The van der Waals surface area contributed by atoms with Crippen LogP contribution in [0.1, 0.15) is 40.2 Å². The van der Waals surface area contributed by atoms with Crippen molar-refractivity contribution in [3.8, 4) is 0 Å². The molecule has 0 spiro atoms. The Hall–Kier alpha value is -3.58. The third-order valence-corrected chi connectivity index (χ3v) is 5.37. The van der Waals surface area contributed by atoms with Gasteiger partial charge in [-0.2, -0.15) is 4.98 Å². The van der Waals surface area contributed by atoms with Crippen LogP contribution in [-0.2, 0) is 0 Å². The van der Waals surface area contributed by atoms with Crippen molar-refractivity contribution in [1.82, 2.24) is 14.8 Å². The van der Waals surface area contributed by atoms with Crippen molar-refractivity contribution in [2.45, 2.75) is 18.5 Å². The van der Waals surface area contributed by atoms with E-state index in [0.717, 1.165) is 17.5 Å². The van der Waals surface area contributed by atoms with E-state index < -0.39 is 5.91 Å². The molecule has 0 saturated carbocycles. The molecular weight excluding hydrogens is 402 g/mol. The Labute approximate surface area is 177 Å². The van der Waals surface area contributed by atoms with Gasteiger partial charge in [-0.3, -0.25) is 10.1 Å². The maximum absolute atomic E-state index is 12.3. The van der Waals surface area contributed by atoms with E-state index in [4.69, 9.17) is 16.0 Å². The van der Waals surface area contributed by atoms with Crippen molar-refractivity contribution in [2.24, 2.45) is 0 Å². The number of aromatic nitrogens is 3. The molecule has 7 nitrogen and oxygen atoms in total. The second-order valence-corrected chi connectivity index (χ2v) is 7.48. The first-order valence-electron chi connectivity index (χ1n) is 9.56. The molecule has 5 rings (SSSR count). The van der Waals surface area contributed by atoms with Gasteiger partial charge in [-0.1, -0.05) is 54.1 Å². The first kappa shape index (κ1) is 18.4. The van der Waals surface area contributed by atoms with Gasteiger partial charge in [-0.15, -0.1) is 5.10 Å². The van der Waals surface area contributed by atoms with Gasteiger partial charge in [-0.25, -0.2) is 4.68 Å². The predicted molar refractivity (Wildman–Crippen MR) is 114 cm³/mol. The molecule has 2 atom stereocenters. The van der Waals surface area contributed by atoms with E-state index in [1.165, 1.54) is 6.26 Å². The summed E-state index contributed by atoms with van der Waals surface area (Å²) in [6.07, 6.45) is 2.22. The zero-order chi connectivity index (χ0) is 20.5. The van der Waals surface area contributed by atoms with Crippen LogP contribution in [0.4, 0.5) is 11.9 Å². The number of hydrogen-bond donors (Lipinski definition) is 2. The van der Waals surface area contributed by atoms with Crippen LogP contribution in [0.5, 0.6) is 0 Å². The molecule has 150 valence electrons. The second kappa shape index (κ2) is 7.68.